The van der Waals surface area contributed by atoms with E-state index in [0.717, 1.165) is 17.5 Å². The summed E-state index contributed by atoms with van der Waals surface area (Å²) in [5.74, 6) is 0.116. The molecular formula is C27H29ClN2O3. The van der Waals surface area contributed by atoms with E-state index in [1.54, 1.807) is 23.1 Å². The lowest BCUT2D eigenvalue weighted by Crippen LogP contribution is -2.51. The molecule has 0 aliphatic heterocycles. The molecule has 0 saturated carbocycles. The second-order valence-electron chi connectivity index (χ2n) is 7.71. The molecule has 0 fully saturated rings. The number of carbonyl (C=O) groups is 2. The van der Waals surface area contributed by atoms with Gasteiger partial charge in [0.25, 0.3) is 5.91 Å². The number of carbonyl (C=O) groups excluding carboxylic acids is 2. The molecule has 0 bridgehead atoms. The summed E-state index contributed by atoms with van der Waals surface area (Å²) < 4.78 is 5.72. The molecule has 2 amide bonds. The van der Waals surface area contributed by atoms with Crippen LogP contribution in [0.25, 0.3) is 0 Å². The Morgan fingerprint density at radius 1 is 0.939 bits per heavy atom. The number of rotatable bonds is 11. The maximum atomic E-state index is 13.4. The van der Waals surface area contributed by atoms with Crippen molar-refractivity contribution >= 4 is 23.4 Å². The van der Waals surface area contributed by atoms with Crippen LogP contribution in [0.1, 0.15) is 24.5 Å². The van der Waals surface area contributed by atoms with Gasteiger partial charge in [-0.15, -0.1) is 0 Å². The van der Waals surface area contributed by atoms with Crippen LogP contribution in [0.15, 0.2) is 84.9 Å². The first-order valence-corrected chi connectivity index (χ1v) is 11.5. The lowest BCUT2D eigenvalue weighted by molar-refractivity contribution is -0.142. The Labute approximate surface area is 200 Å². The maximum absolute atomic E-state index is 13.4. The highest BCUT2D eigenvalue weighted by Gasteiger charge is 2.30. The van der Waals surface area contributed by atoms with Crippen molar-refractivity contribution in [1.29, 1.82) is 0 Å². The number of halogens is 1. The molecule has 0 saturated heterocycles. The highest BCUT2D eigenvalue weighted by molar-refractivity contribution is 6.31. The predicted octanol–water partition coefficient (Wildman–Crippen LogP) is 4.89. The van der Waals surface area contributed by atoms with Crippen LogP contribution in [-0.4, -0.2) is 35.9 Å². The molecular weight excluding hydrogens is 436 g/mol. The van der Waals surface area contributed by atoms with Crippen LogP contribution in [0.3, 0.4) is 0 Å². The molecule has 0 aromatic heterocycles. The van der Waals surface area contributed by atoms with Crippen LogP contribution < -0.4 is 10.1 Å². The quantitative estimate of drug-likeness (QED) is 0.439. The standard InChI is InChI=1S/C27H29ClN2O3/c1-2-17-29-27(32)25(18-21-11-5-3-6-12-21)30(19-22-13-9-10-16-24(22)28)26(31)20-33-23-14-7-4-8-15-23/h3-16,25H,2,17-20H2,1H3,(H,29,32). The van der Waals surface area contributed by atoms with E-state index < -0.39 is 6.04 Å². The van der Waals surface area contributed by atoms with Crippen molar-refractivity contribution in [3.63, 3.8) is 0 Å². The van der Waals surface area contributed by atoms with Crippen LogP contribution in [0.5, 0.6) is 5.75 Å². The van der Waals surface area contributed by atoms with Gasteiger partial charge in [-0.1, -0.05) is 85.3 Å². The lowest BCUT2D eigenvalue weighted by Gasteiger charge is -2.31. The molecule has 33 heavy (non-hydrogen) atoms. The van der Waals surface area contributed by atoms with E-state index in [1.165, 1.54) is 0 Å². The van der Waals surface area contributed by atoms with Crippen LogP contribution in [0.4, 0.5) is 0 Å². The molecule has 0 radical (unpaired) electrons. The SMILES string of the molecule is CCCNC(=O)C(Cc1ccccc1)N(Cc1ccccc1Cl)C(=O)COc1ccccc1. The van der Waals surface area contributed by atoms with Crippen molar-refractivity contribution in [3.05, 3.63) is 101 Å². The lowest BCUT2D eigenvalue weighted by atomic mass is 10.0. The van der Waals surface area contributed by atoms with Crippen LogP contribution in [0, 0.1) is 0 Å². The highest BCUT2D eigenvalue weighted by atomic mass is 35.5. The molecule has 0 heterocycles. The zero-order valence-corrected chi connectivity index (χ0v) is 19.5. The Bertz CT molecular complexity index is 1030. The van der Waals surface area contributed by atoms with E-state index in [9.17, 15) is 9.59 Å². The first-order chi connectivity index (χ1) is 16.1. The normalized spacial score (nSPS) is 11.5. The number of hydrogen-bond donors (Lipinski definition) is 1. The predicted molar refractivity (Wildman–Crippen MR) is 131 cm³/mol. The fourth-order valence-electron chi connectivity index (χ4n) is 3.47. The molecule has 1 unspecified atom stereocenters. The van der Waals surface area contributed by atoms with Gasteiger partial charge < -0.3 is 15.0 Å². The molecule has 1 atom stereocenters. The van der Waals surface area contributed by atoms with Gasteiger partial charge in [0, 0.05) is 24.5 Å². The highest BCUT2D eigenvalue weighted by Crippen LogP contribution is 2.21. The van der Waals surface area contributed by atoms with Crippen molar-refractivity contribution in [1.82, 2.24) is 10.2 Å². The number of nitrogens with one attached hydrogen (secondary N) is 1. The molecule has 3 aromatic rings. The monoisotopic (exact) mass is 464 g/mol. The van der Waals surface area contributed by atoms with Gasteiger partial charge in [-0.2, -0.15) is 0 Å². The zero-order valence-electron chi connectivity index (χ0n) is 18.7. The summed E-state index contributed by atoms with van der Waals surface area (Å²) in [5.41, 5.74) is 1.74. The van der Waals surface area contributed by atoms with Crippen molar-refractivity contribution in [2.24, 2.45) is 0 Å². The second kappa shape index (κ2) is 12.7. The van der Waals surface area contributed by atoms with Gasteiger partial charge in [0.15, 0.2) is 6.61 Å². The van der Waals surface area contributed by atoms with Gasteiger partial charge in [-0.25, -0.2) is 0 Å². The van der Waals surface area contributed by atoms with E-state index in [4.69, 9.17) is 16.3 Å². The number of nitrogens with zero attached hydrogens (tertiary/aromatic N) is 1. The number of para-hydroxylation sites is 1. The van der Waals surface area contributed by atoms with Gasteiger partial charge in [-0.05, 0) is 35.7 Å². The summed E-state index contributed by atoms with van der Waals surface area (Å²) in [7, 11) is 0. The molecule has 0 spiro atoms. The van der Waals surface area contributed by atoms with Gasteiger partial charge in [0.1, 0.15) is 11.8 Å². The molecule has 0 aliphatic carbocycles. The van der Waals surface area contributed by atoms with Crippen molar-refractivity contribution in [2.45, 2.75) is 32.4 Å². The fraction of sp³-hybridized carbons (Fsp3) is 0.259. The van der Waals surface area contributed by atoms with E-state index in [0.29, 0.717) is 23.7 Å². The molecule has 6 heteroatoms. The second-order valence-corrected chi connectivity index (χ2v) is 8.12. The van der Waals surface area contributed by atoms with Crippen LogP contribution in [-0.2, 0) is 22.6 Å². The van der Waals surface area contributed by atoms with Crippen molar-refractivity contribution < 1.29 is 14.3 Å². The maximum Gasteiger partial charge on any atom is 0.261 e. The summed E-state index contributed by atoms with van der Waals surface area (Å²) in [5, 5.41) is 3.50. The Kier molecular flexibility index (Phi) is 9.33. The van der Waals surface area contributed by atoms with Crippen LogP contribution >= 0.6 is 11.6 Å². The number of hydrogen-bond acceptors (Lipinski definition) is 3. The van der Waals surface area contributed by atoms with E-state index in [-0.39, 0.29) is 25.0 Å². The Hall–Kier alpha value is -3.31. The van der Waals surface area contributed by atoms with E-state index in [1.807, 2.05) is 73.7 Å². The van der Waals surface area contributed by atoms with Gasteiger partial charge >= 0.3 is 0 Å². The Morgan fingerprint density at radius 2 is 1.58 bits per heavy atom. The van der Waals surface area contributed by atoms with Gasteiger partial charge in [0.05, 0.1) is 0 Å². The Morgan fingerprint density at radius 3 is 2.24 bits per heavy atom. The minimum Gasteiger partial charge on any atom is -0.484 e. The molecule has 3 aromatic carbocycles. The van der Waals surface area contributed by atoms with Crippen LogP contribution in [0.2, 0.25) is 5.02 Å². The third-order valence-corrected chi connectivity index (χ3v) is 5.59. The summed E-state index contributed by atoms with van der Waals surface area (Å²) in [6.07, 6.45) is 1.19. The number of amides is 2. The van der Waals surface area contributed by atoms with Gasteiger partial charge in [-0.3, -0.25) is 9.59 Å². The van der Waals surface area contributed by atoms with E-state index in [2.05, 4.69) is 5.32 Å². The zero-order chi connectivity index (χ0) is 23.5. The first-order valence-electron chi connectivity index (χ1n) is 11.1. The molecule has 5 nitrogen and oxygen atoms in total. The number of ether oxygens (including phenoxy) is 1. The molecule has 1 N–H and O–H groups in total. The third kappa shape index (κ3) is 7.36. The molecule has 3 rings (SSSR count). The summed E-state index contributed by atoms with van der Waals surface area (Å²) in [6, 6.07) is 25.5. The fourth-order valence-corrected chi connectivity index (χ4v) is 3.67. The minimum absolute atomic E-state index is 0.180. The average Bonchev–Trinajstić information content (AvgIpc) is 2.85. The summed E-state index contributed by atoms with van der Waals surface area (Å²) >= 11 is 6.40. The Balaban J connectivity index is 1.89. The first kappa shape index (κ1) is 24.3. The summed E-state index contributed by atoms with van der Waals surface area (Å²) in [6.45, 7) is 2.56. The minimum atomic E-state index is -0.706. The smallest absolute Gasteiger partial charge is 0.261 e. The van der Waals surface area contributed by atoms with Crippen molar-refractivity contribution in [3.8, 4) is 5.75 Å². The van der Waals surface area contributed by atoms with Crippen molar-refractivity contribution in [2.75, 3.05) is 13.2 Å². The van der Waals surface area contributed by atoms with E-state index >= 15 is 0 Å². The topological polar surface area (TPSA) is 58.6 Å². The largest absolute Gasteiger partial charge is 0.484 e. The summed E-state index contributed by atoms with van der Waals surface area (Å²) in [4.78, 5) is 28.2. The van der Waals surface area contributed by atoms with Gasteiger partial charge in [0.2, 0.25) is 5.91 Å². The third-order valence-electron chi connectivity index (χ3n) is 5.22. The molecule has 0 aliphatic rings. The number of benzene rings is 3. The average molecular weight is 465 g/mol. The molecule has 172 valence electrons.